The van der Waals surface area contributed by atoms with Crippen LogP contribution in [0.4, 0.5) is 5.69 Å². The first-order valence-electron chi connectivity index (χ1n) is 6.73. The zero-order valence-corrected chi connectivity index (χ0v) is 11.7. The Morgan fingerprint density at radius 1 is 1.40 bits per heavy atom. The molecule has 0 spiro atoms. The van der Waals surface area contributed by atoms with Crippen LogP contribution < -0.4 is 11.1 Å². The molecule has 1 unspecified atom stereocenters. The summed E-state index contributed by atoms with van der Waals surface area (Å²) in [5, 5.41) is 13.3. The zero-order valence-electron chi connectivity index (χ0n) is 11.7. The molecule has 0 saturated carbocycles. The Morgan fingerprint density at radius 3 is 2.60 bits per heavy atom. The molecule has 6 heteroatoms. The molecule has 6 nitrogen and oxygen atoms in total. The van der Waals surface area contributed by atoms with Gasteiger partial charge >= 0.3 is 0 Å². The predicted octanol–water partition coefficient (Wildman–Crippen LogP) is 1.63. The van der Waals surface area contributed by atoms with Gasteiger partial charge in [-0.15, -0.1) is 0 Å². The van der Waals surface area contributed by atoms with Crippen LogP contribution in [0.25, 0.3) is 0 Å². The van der Waals surface area contributed by atoms with E-state index in [2.05, 4.69) is 5.32 Å². The molecule has 0 aliphatic heterocycles. The van der Waals surface area contributed by atoms with Crippen LogP contribution in [0, 0.1) is 16.0 Å². The standard InChI is InChI=1S/C14H21N3O3/c1-11(10-15)2-7-14(18)16-9-8-12-3-5-13(6-4-12)17(19)20/h3-6,11H,2,7-10,15H2,1H3,(H,16,18). The van der Waals surface area contributed by atoms with E-state index < -0.39 is 4.92 Å². The van der Waals surface area contributed by atoms with Crippen LogP contribution in [0.5, 0.6) is 0 Å². The summed E-state index contributed by atoms with van der Waals surface area (Å²) < 4.78 is 0. The fourth-order valence-electron chi connectivity index (χ4n) is 1.71. The van der Waals surface area contributed by atoms with Gasteiger partial charge in [0.1, 0.15) is 0 Å². The largest absolute Gasteiger partial charge is 0.356 e. The van der Waals surface area contributed by atoms with Crippen molar-refractivity contribution in [2.45, 2.75) is 26.2 Å². The Labute approximate surface area is 118 Å². The molecule has 0 aliphatic carbocycles. The average Bonchev–Trinajstić information content (AvgIpc) is 2.45. The van der Waals surface area contributed by atoms with E-state index in [1.165, 1.54) is 12.1 Å². The second kappa shape index (κ2) is 8.27. The van der Waals surface area contributed by atoms with Gasteiger partial charge in [0.2, 0.25) is 5.91 Å². The number of non-ortho nitro benzene ring substituents is 1. The number of carbonyl (C=O) groups excluding carboxylic acids is 1. The van der Waals surface area contributed by atoms with E-state index in [0.717, 1.165) is 12.0 Å². The van der Waals surface area contributed by atoms with E-state index in [4.69, 9.17) is 5.73 Å². The highest BCUT2D eigenvalue weighted by molar-refractivity contribution is 5.75. The van der Waals surface area contributed by atoms with E-state index in [1.807, 2.05) is 6.92 Å². The molecule has 1 aromatic rings. The van der Waals surface area contributed by atoms with E-state index in [0.29, 0.717) is 31.8 Å². The van der Waals surface area contributed by atoms with Crippen LogP contribution in [-0.2, 0) is 11.2 Å². The monoisotopic (exact) mass is 279 g/mol. The molecule has 1 atom stereocenters. The lowest BCUT2D eigenvalue weighted by Gasteiger charge is -2.08. The Balaban J connectivity index is 2.26. The van der Waals surface area contributed by atoms with Crippen molar-refractivity contribution in [3.8, 4) is 0 Å². The summed E-state index contributed by atoms with van der Waals surface area (Å²) in [4.78, 5) is 21.6. The van der Waals surface area contributed by atoms with Crippen LogP contribution in [0.3, 0.4) is 0 Å². The van der Waals surface area contributed by atoms with Crippen LogP contribution in [0.15, 0.2) is 24.3 Å². The second-order valence-corrected chi connectivity index (χ2v) is 4.90. The molecule has 0 aromatic heterocycles. The molecule has 1 amide bonds. The first kappa shape index (κ1) is 16.1. The smallest absolute Gasteiger partial charge is 0.269 e. The maximum atomic E-state index is 11.6. The van der Waals surface area contributed by atoms with Gasteiger partial charge in [0.15, 0.2) is 0 Å². The maximum absolute atomic E-state index is 11.6. The summed E-state index contributed by atoms with van der Waals surface area (Å²) in [6, 6.07) is 6.36. The van der Waals surface area contributed by atoms with Crippen LogP contribution in [0.1, 0.15) is 25.3 Å². The lowest BCUT2D eigenvalue weighted by molar-refractivity contribution is -0.384. The number of hydrogen-bond acceptors (Lipinski definition) is 4. The first-order chi connectivity index (χ1) is 9.52. The van der Waals surface area contributed by atoms with E-state index in [9.17, 15) is 14.9 Å². The zero-order chi connectivity index (χ0) is 15.0. The van der Waals surface area contributed by atoms with Crippen molar-refractivity contribution >= 4 is 11.6 Å². The SMILES string of the molecule is CC(CN)CCC(=O)NCCc1ccc([N+](=O)[O-])cc1. The van der Waals surface area contributed by atoms with Crippen LogP contribution >= 0.6 is 0 Å². The van der Waals surface area contributed by atoms with Crippen molar-refractivity contribution in [1.29, 1.82) is 0 Å². The third kappa shape index (κ3) is 5.79. The molecule has 1 aromatic carbocycles. The van der Waals surface area contributed by atoms with Crippen molar-refractivity contribution in [2.75, 3.05) is 13.1 Å². The van der Waals surface area contributed by atoms with Crippen molar-refractivity contribution < 1.29 is 9.72 Å². The van der Waals surface area contributed by atoms with Gasteiger partial charge in [-0.3, -0.25) is 14.9 Å². The van der Waals surface area contributed by atoms with E-state index in [1.54, 1.807) is 12.1 Å². The number of amides is 1. The summed E-state index contributed by atoms with van der Waals surface area (Å²) in [6.45, 7) is 3.15. The van der Waals surface area contributed by atoms with Gasteiger partial charge in [-0.05, 0) is 30.9 Å². The quantitative estimate of drug-likeness (QED) is 0.558. The van der Waals surface area contributed by atoms with Gasteiger partial charge in [0.05, 0.1) is 4.92 Å². The molecule has 0 fully saturated rings. The number of nitro groups is 1. The Morgan fingerprint density at radius 2 is 2.05 bits per heavy atom. The summed E-state index contributed by atoms with van der Waals surface area (Å²) in [5.74, 6) is 0.377. The van der Waals surface area contributed by atoms with Gasteiger partial charge in [-0.2, -0.15) is 0 Å². The summed E-state index contributed by atoms with van der Waals surface area (Å²) in [6.07, 6.45) is 1.94. The van der Waals surface area contributed by atoms with Gasteiger partial charge in [-0.1, -0.05) is 19.1 Å². The number of carbonyl (C=O) groups is 1. The minimum atomic E-state index is -0.426. The Hall–Kier alpha value is -1.95. The third-order valence-electron chi connectivity index (χ3n) is 3.15. The lowest BCUT2D eigenvalue weighted by atomic mass is 10.1. The van der Waals surface area contributed by atoms with Gasteiger partial charge in [0.25, 0.3) is 5.69 Å². The topological polar surface area (TPSA) is 98.3 Å². The summed E-state index contributed by atoms with van der Waals surface area (Å²) in [7, 11) is 0. The highest BCUT2D eigenvalue weighted by atomic mass is 16.6. The van der Waals surface area contributed by atoms with Crippen molar-refractivity contribution in [1.82, 2.24) is 5.32 Å². The fourth-order valence-corrected chi connectivity index (χ4v) is 1.71. The second-order valence-electron chi connectivity index (χ2n) is 4.90. The molecule has 0 heterocycles. The third-order valence-corrected chi connectivity index (χ3v) is 3.15. The molecule has 0 bridgehead atoms. The molecular weight excluding hydrogens is 258 g/mol. The average molecular weight is 279 g/mol. The molecule has 0 aliphatic rings. The molecular formula is C14H21N3O3. The number of benzene rings is 1. The maximum Gasteiger partial charge on any atom is 0.269 e. The van der Waals surface area contributed by atoms with Gasteiger partial charge in [0, 0.05) is 25.1 Å². The summed E-state index contributed by atoms with van der Waals surface area (Å²) in [5.41, 5.74) is 6.53. The fraction of sp³-hybridized carbons (Fsp3) is 0.500. The van der Waals surface area contributed by atoms with Crippen molar-refractivity contribution in [3.63, 3.8) is 0 Å². The molecule has 0 radical (unpaired) electrons. The van der Waals surface area contributed by atoms with Crippen LogP contribution in [0.2, 0.25) is 0 Å². The minimum absolute atomic E-state index is 0.0206. The van der Waals surface area contributed by atoms with E-state index >= 15 is 0 Å². The highest BCUT2D eigenvalue weighted by Crippen LogP contribution is 2.12. The molecule has 1 rings (SSSR count). The number of nitro benzene ring substituents is 1. The Bertz CT molecular complexity index is 445. The lowest BCUT2D eigenvalue weighted by Crippen LogP contribution is -2.26. The number of nitrogens with zero attached hydrogens (tertiary/aromatic N) is 1. The van der Waals surface area contributed by atoms with Gasteiger partial charge < -0.3 is 11.1 Å². The van der Waals surface area contributed by atoms with Crippen molar-refractivity contribution in [3.05, 3.63) is 39.9 Å². The highest BCUT2D eigenvalue weighted by Gasteiger charge is 2.06. The Kier molecular flexibility index (Phi) is 6.66. The number of rotatable bonds is 8. The molecule has 0 saturated heterocycles. The number of nitrogens with one attached hydrogen (secondary N) is 1. The van der Waals surface area contributed by atoms with Gasteiger partial charge in [-0.25, -0.2) is 0 Å². The molecule has 20 heavy (non-hydrogen) atoms. The normalized spacial score (nSPS) is 11.9. The number of hydrogen-bond donors (Lipinski definition) is 2. The number of nitrogens with two attached hydrogens (primary N) is 1. The molecule has 110 valence electrons. The van der Waals surface area contributed by atoms with Crippen molar-refractivity contribution in [2.24, 2.45) is 11.7 Å². The predicted molar refractivity (Wildman–Crippen MR) is 77.3 cm³/mol. The minimum Gasteiger partial charge on any atom is -0.356 e. The molecule has 3 N–H and O–H groups in total. The van der Waals surface area contributed by atoms with E-state index in [-0.39, 0.29) is 11.6 Å². The van der Waals surface area contributed by atoms with Crippen LogP contribution in [-0.4, -0.2) is 23.9 Å². The summed E-state index contributed by atoms with van der Waals surface area (Å²) >= 11 is 0. The first-order valence-corrected chi connectivity index (χ1v) is 6.73.